The number of ether oxygens (including phenoxy) is 1. The number of H-pyrrole nitrogens is 1. The van der Waals surface area contributed by atoms with Gasteiger partial charge in [0, 0.05) is 29.3 Å². The van der Waals surface area contributed by atoms with E-state index in [-0.39, 0.29) is 6.10 Å². The van der Waals surface area contributed by atoms with Crippen LogP contribution in [-0.2, 0) is 4.74 Å². The molecule has 2 nitrogen and oxygen atoms in total. The molecule has 2 aromatic carbocycles. The quantitative estimate of drug-likeness (QED) is 0.642. The van der Waals surface area contributed by atoms with Crippen LogP contribution in [0.5, 0.6) is 0 Å². The molecule has 1 atom stereocenters. The zero-order valence-electron chi connectivity index (χ0n) is 12.3. The van der Waals surface area contributed by atoms with Crippen molar-refractivity contribution in [1.82, 2.24) is 4.98 Å². The van der Waals surface area contributed by atoms with E-state index in [0.717, 1.165) is 34.7 Å². The van der Waals surface area contributed by atoms with Crippen molar-refractivity contribution in [2.24, 2.45) is 0 Å². The Morgan fingerprint density at radius 2 is 1.91 bits per heavy atom. The van der Waals surface area contributed by atoms with E-state index in [9.17, 15) is 0 Å². The Balaban J connectivity index is 1.67. The van der Waals surface area contributed by atoms with Gasteiger partial charge in [-0.1, -0.05) is 35.9 Å². The topological polar surface area (TPSA) is 25.0 Å². The number of aromatic amines is 1. The first-order valence-electron chi connectivity index (χ1n) is 7.80. The highest BCUT2D eigenvalue weighted by Gasteiger charge is 2.16. The van der Waals surface area contributed by atoms with Crippen LogP contribution in [0, 0.1) is 0 Å². The molecule has 22 heavy (non-hydrogen) atoms. The van der Waals surface area contributed by atoms with Gasteiger partial charge in [-0.15, -0.1) is 0 Å². The van der Waals surface area contributed by atoms with Crippen molar-refractivity contribution in [3.05, 3.63) is 59.2 Å². The van der Waals surface area contributed by atoms with Crippen LogP contribution >= 0.6 is 11.6 Å². The molecule has 3 heteroatoms. The third-order valence-corrected chi connectivity index (χ3v) is 4.73. The Labute approximate surface area is 135 Å². The Morgan fingerprint density at radius 1 is 1.05 bits per heavy atom. The molecule has 1 N–H and O–H groups in total. The van der Waals surface area contributed by atoms with Crippen molar-refractivity contribution >= 4 is 22.5 Å². The molecule has 0 radical (unpaired) electrons. The number of fused-ring (bicyclic) bond motifs is 1. The molecule has 0 bridgehead atoms. The summed E-state index contributed by atoms with van der Waals surface area (Å²) in [7, 11) is 0. The van der Waals surface area contributed by atoms with Gasteiger partial charge in [-0.2, -0.15) is 0 Å². The first-order chi connectivity index (χ1) is 10.8. The largest absolute Gasteiger partial charge is 0.374 e. The van der Waals surface area contributed by atoms with Gasteiger partial charge in [0.15, 0.2) is 0 Å². The van der Waals surface area contributed by atoms with Gasteiger partial charge in [-0.05, 0) is 48.6 Å². The maximum absolute atomic E-state index is 6.44. The molecule has 0 spiro atoms. The van der Waals surface area contributed by atoms with E-state index in [4.69, 9.17) is 16.3 Å². The lowest BCUT2D eigenvalue weighted by Gasteiger charge is -2.23. The summed E-state index contributed by atoms with van der Waals surface area (Å²) in [6.45, 7) is 0.877. The number of halogens is 1. The van der Waals surface area contributed by atoms with Gasteiger partial charge in [-0.25, -0.2) is 0 Å². The lowest BCUT2D eigenvalue weighted by molar-refractivity contribution is 0.0150. The third kappa shape index (κ3) is 2.53. The molecule has 112 valence electrons. The number of benzene rings is 2. The predicted molar refractivity (Wildman–Crippen MR) is 91.3 cm³/mol. The smallest absolute Gasteiger partial charge is 0.0824 e. The average Bonchev–Trinajstić information content (AvgIpc) is 3.02. The second kappa shape index (κ2) is 5.79. The molecule has 0 unspecified atom stereocenters. The van der Waals surface area contributed by atoms with E-state index in [1.807, 2.05) is 12.3 Å². The van der Waals surface area contributed by atoms with Crippen LogP contribution in [0.15, 0.2) is 48.7 Å². The van der Waals surface area contributed by atoms with E-state index in [1.54, 1.807) is 0 Å². The minimum absolute atomic E-state index is 0.255. The lowest BCUT2D eigenvalue weighted by Crippen LogP contribution is -2.11. The van der Waals surface area contributed by atoms with E-state index < -0.39 is 0 Å². The molecule has 1 saturated heterocycles. The van der Waals surface area contributed by atoms with Gasteiger partial charge in [0.05, 0.1) is 11.1 Å². The zero-order valence-corrected chi connectivity index (χ0v) is 13.1. The Hall–Kier alpha value is -1.77. The molecule has 1 aliphatic heterocycles. The number of rotatable bonds is 2. The van der Waals surface area contributed by atoms with Crippen molar-refractivity contribution in [3.8, 4) is 11.1 Å². The molecule has 1 aliphatic rings. The minimum atomic E-state index is 0.255. The average molecular weight is 312 g/mol. The van der Waals surface area contributed by atoms with Crippen molar-refractivity contribution < 1.29 is 4.74 Å². The highest BCUT2D eigenvalue weighted by atomic mass is 35.5. The lowest BCUT2D eigenvalue weighted by atomic mass is 9.97. The Bertz CT molecular complexity index is 785. The standard InChI is InChI=1S/C19H18ClNO/c20-17-12-18-15(8-9-21-18)11-16(17)13-4-6-14(7-5-13)19-3-1-2-10-22-19/h4-9,11-12,19,21H,1-3,10H2/t19-/m1/s1. The highest BCUT2D eigenvalue weighted by Crippen LogP contribution is 2.34. The summed E-state index contributed by atoms with van der Waals surface area (Å²) in [6.07, 6.45) is 5.75. The maximum atomic E-state index is 6.44. The summed E-state index contributed by atoms with van der Waals surface area (Å²) >= 11 is 6.44. The van der Waals surface area contributed by atoms with Crippen LogP contribution in [0.2, 0.25) is 5.02 Å². The predicted octanol–water partition coefficient (Wildman–Crippen LogP) is 5.73. The fraction of sp³-hybridized carbons (Fsp3) is 0.263. The van der Waals surface area contributed by atoms with Gasteiger partial charge in [0.2, 0.25) is 0 Å². The number of aromatic nitrogens is 1. The summed E-state index contributed by atoms with van der Waals surface area (Å²) in [6, 6.07) is 14.8. The van der Waals surface area contributed by atoms with Crippen LogP contribution in [0.4, 0.5) is 0 Å². The number of nitrogens with one attached hydrogen (secondary N) is 1. The molecule has 1 aromatic heterocycles. The van der Waals surface area contributed by atoms with Gasteiger partial charge in [-0.3, -0.25) is 0 Å². The summed E-state index contributed by atoms with van der Waals surface area (Å²) in [5, 5.41) is 1.95. The van der Waals surface area contributed by atoms with Crippen LogP contribution in [0.1, 0.15) is 30.9 Å². The second-order valence-electron chi connectivity index (χ2n) is 5.87. The highest BCUT2D eigenvalue weighted by molar-refractivity contribution is 6.34. The van der Waals surface area contributed by atoms with E-state index in [2.05, 4.69) is 41.4 Å². The Morgan fingerprint density at radius 3 is 2.68 bits per heavy atom. The van der Waals surface area contributed by atoms with Crippen LogP contribution in [-0.4, -0.2) is 11.6 Å². The van der Waals surface area contributed by atoms with Gasteiger partial charge >= 0.3 is 0 Å². The Kier molecular flexibility index (Phi) is 3.65. The fourth-order valence-electron chi connectivity index (χ4n) is 3.18. The van der Waals surface area contributed by atoms with Gasteiger partial charge in [0.1, 0.15) is 0 Å². The fourth-order valence-corrected chi connectivity index (χ4v) is 3.45. The molecule has 0 amide bonds. The second-order valence-corrected chi connectivity index (χ2v) is 6.28. The van der Waals surface area contributed by atoms with E-state index in [0.29, 0.717) is 0 Å². The summed E-state index contributed by atoms with van der Waals surface area (Å²) < 4.78 is 5.85. The third-order valence-electron chi connectivity index (χ3n) is 4.41. The molecule has 4 rings (SSSR count). The molecule has 3 aromatic rings. The van der Waals surface area contributed by atoms with Gasteiger partial charge in [0.25, 0.3) is 0 Å². The summed E-state index contributed by atoms with van der Waals surface area (Å²) in [5.74, 6) is 0. The molecule has 0 aliphatic carbocycles. The van der Waals surface area contributed by atoms with E-state index in [1.165, 1.54) is 23.8 Å². The van der Waals surface area contributed by atoms with Crippen molar-refractivity contribution in [1.29, 1.82) is 0 Å². The monoisotopic (exact) mass is 311 g/mol. The zero-order chi connectivity index (χ0) is 14.9. The number of hydrogen-bond acceptors (Lipinski definition) is 1. The minimum Gasteiger partial charge on any atom is -0.374 e. The SMILES string of the molecule is Clc1cc2[nH]ccc2cc1-c1ccc([C@H]2CCCCO2)cc1. The van der Waals surface area contributed by atoms with Gasteiger partial charge < -0.3 is 9.72 Å². The first kappa shape index (κ1) is 13.9. The van der Waals surface area contributed by atoms with E-state index >= 15 is 0 Å². The van der Waals surface area contributed by atoms with Crippen molar-refractivity contribution in [3.63, 3.8) is 0 Å². The maximum Gasteiger partial charge on any atom is 0.0824 e. The summed E-state index contributed by atoms with van der Waals surface area (Å²) in [4.78, 5) is 3.19. The first-order valence-corrected chi connectivity index (χ1v) is 8.17. The summed E-state index contributed by atoms with van der Waals surface area (Å²) in [5.41, 5.74) is 4.56. The van der Waals surface area contributed by atoms with Crippen LogP contribution in [0.3, 0.4) is 0 Å². The number of hydrogen-bond donors (Lipinski definition) is 1. The van der Waals surface area contributed by atoms with Crippen molar-refractivity contribution in [2.75, 3.05) is 6.61 Å². The normalized spacial score (nSPS) is 18.7. The van der Waals surface area contributed by atoms with Crippen LogP contribution < -0.4 is 0 Å². The molecule has 0 saturated carbocycles. The molecular weight excluding hydrogens is 294 g/mol. The molecular formula is C19H18ClNO. The molecule has 1 fully saturated rings. The van der Waals surface area contributed by atoms with Crippen molar-refractivity contribution in [2.45, 2.75) is 25.4 Å². The van der Waals surface area contributed by atoms with Crippen LogP contribution in [0.25, 0.3) is 22.0 Å². The molecule has 2 heterocycles.